The van der Waals surface area contributed by atoms with E-state index in [0.717, 1.165) is 12.2 Å². The molecule has 3 nitrogen and oxygen atoms in total. The molecule has 1 amide bonds. The van der Waals surface area contributed by atoms with E-state index in [1.165, 1.54) is 11.1 Å². The van der Waals surface area contributed by atoms with Crippen LogP contribution in [0.15, 0.2) is 18.2 Å². The SMILES string of the molecule is Cc1ccc2c(c1)NC(=O)CN(C)C2. The molecule has 1 heterocycles. The number of likely N-dealkylation sites (N-methyl/N-ethyl adjacent to an activating group) is 1. The first kappa shape index (κ1) is 9.21. The standard InChI is InChI=1S/C11H14N2O/c1-8-3-4-9-6-13(2)7-11(14)12-10(9)5-8/h3-5H,6-7H2,1-2H3,(H,12,14). The molecule has 0 saturated heterocycles. The number of carbonyl (C=O) groups is 1. The first-order chi connectivity index (χ1) is 6.65. The summed E-state index contributed by atoms with van der Waals surface area (Å²) < 4.78 is 0. The molecule has 0 radical (unpaired) electrons. The van der Waals surface area contributed by atoms with Gasteiger partial charge in [0.2, 0.25) is 5.91 Å². The van der Waals surface area contributed by atoms with E-state index in [9.17, 15) is 4.79 Å². The van der Waals surface area contributed by atoms with Gasteiger partial charge in [0.1, 0.15) is 0 Å². The van der Waals surface area contributed by atoms with Gasteiger partial charge in [-0.3, -0.25) is 9.69 Å². The zero-order chi connectivity index (χ0) is 10.1. The van der Waals surface area contributed by atoms with E-state index in [0.29, 0.717) is 6.54 Å². The smallest absolute Gasteiger partial charge is 0.238 e. The molecule has 0 atom stereocenters. The summed E-state index contributed by atoms with van der Waals surface area (Å²) in [5, 5.41) is 2.91. The fraction of sp³-hybridized carbons (Fsp3) is 0.364. The van der Waals surface area contributed by atoms with E-state index >= 15 is 0 Å². The molecule has 1 N–H and O–H groups in total. The van der Waals surface area contributed by atoms with Crippen molar-refractivity contribution in [1.82, 2.24) is 4.90 Å². The average Bonchev–Trinajstić information content (AvgIpc) is 2.21. The summed E-state index contributed by atoms with van der Waals surface area (Å²) in [5.74, 6) is 0.0665. The Bertz CT molecular complexity index is 374. The van der Waals surface area contributed by atoms with Crippen molar-refractivity contribution in [2.75, 3.05) is 18.9 Å². The van der Waals surface area contributed by atoms with Crippen molar-refractivity contribution in [3.05, 3.63) is 29.3 Å². The van der Waals surface area contributed by atoms with Gasteiger partial charge in [-0.25, -0.2) is 0 Å². The highest BCUT2D eigenvalue weighted by atomic mass is 16.2. The number of nitrogens with one attached hydrogen (secondary N) is 1. The lowest BCUT2D eigenvalue weighted by molar-refractivity contribution is -0.116. The number of aryl methyl sites for hydroxylation is 1. The van der Waals surface area contributed by atoms with Gasteiger partial charge in [0, 0.05) is 12.2 Å². The maximum atomic E-state index is 11.4. The largest absolute Gasteiger partial charge is 0.325 e. The quantitative estimate of drug-likeness (QED) is 0.670. The highest BCUT2D eigenvalue weighted by Crippen LogP contribution is 2.21. The Morgan fingerprint density at radius 2 is 2.14 bits per heavy atom. The molecule has 1 aromatic rings. The number of benzene rings is 1. The molecule has 0 saturated carbocycles. The van der Waals surface area contributed by atoms with E-state index in [2.05, 4.69) is 17.4 Å². The minimum absolute atomic E-state index is 0.0665. The Balaban J connectivity index is 2.41. The minimum Gasteiger partial charge on any atom is -0.325 e. The molecule has 0 fully saturated rings. The second-order valence-electron chi connectivity index (χ2n) is 3.88. The van der Waals surface area contributed by atoms with Crippen LogP contribution >= 0.6 is 0 Å². The topological polar surface area (TPSA) is 32.3 Å². The predicted octanol–water partition coefficient (Wildman–Crippen LogP) is 1.38. The summed E-state index contributed by atoms with van der Waals surface area (Å²) in [6.45, 7) is 3.32. The van der Waals surface area contributed by atoms with Crippen molar-refractivity contribution in [3.63, 3.8) is 0 Å². The van der Waals surface area contributed by atoms with Crippen LogP contribution in [0.5, 0.6) is 0 Å². The van der Waals surface area contributed by atoms with Crippen LogP contribution < -0.4 is 5.32 Å². The summed E-state index contributed by atoms with van der Waals surface area (Å²) in [6, 6.07) is 6.17. The normalized spacial score (nSPS) is 17.1. The van der Waals surface area contributed by atoms with Crippen LogP contribution in [0, 0.1) is 6.92 Å². The summed E-state index contributed by atoms with van der Waals surface area (Å²) in [5.41, 5.74) is 3.32. The van der Waals surface area contributed by atoms with Crippen molar-refractivity contribution in [2.24, 2.45) is 0 Å². The molecule has 1 aromatic carbocycles. The minimum atomic E-state index is 0.0665. The van der Waals surface area contributed by atoms with Crippen molar-refractivity contribution < 1.29 is 4.79 Å². The highest BCUT2D eigenvalue weighted by molar-refractivity contribution is 5.93. The molecule has 0 spiro atoms. The lowest BCUT2D eigenvalue weighted by atomic mass is 10.1. The van der Waals surface area contributed by atoms with E-state index < -0.39 is 0 Å². The summed E-state index contributed by atoms with van der Waals surface area (Å²) in [4.78, 5) is 13.4. The molecule has 3 heteroatoms. The monoisotopic (exact) mass is 190 g/mol. The van der Waals surface area contributed by atoms with Crippen molar-refractivity contribution in [3.8, 4) is 0 Å². The van der Waals surface area contributed by atoms with Crippen molar-refractivity contribution in [1.29, 1.82) is 0 Å². The first-order valence-corrected chi connectivity index (χ1v) is 4.73. The van der Waals surface area contributed by atoms with Crippen LogP contribution in [-0.2, 0) is 11.3 Å². The zero-order valence-electron chi connectivity index (χ0n) is 8.50. The number of amides is 1. The van der Waals surface area contributed by atoms with Gasteiger partial charge in [-0.2, -0.15) is 0 Å². The van der Waals surface area contributed by atoms with Gasteiger partial charge in [0.05, 0.1) is 6.54 Å². The molecular formula is C11H14N2O. The molecule has 2 rings (SSSR count). The maximum absolute atomic E-state index is 11.4. The number of anilines is 1. The van der Waals surface area contributed by atoms with Gasteiger partial charge in [-0.15, -0.1) is 0 Å². The lowest BCUT2D eigenvalue weighted by Gasteiger charge is -2.11. The van der Waals surface area contributed by atoms with Crippen LogP contribution in [-0.4, -0.2) is 24.4 Å². The molecule has 1 aliphatic rings. The molecule has 0 bridgehead atoms. The van der Waals surface area contributed by atoms with Crippen LogP contribution in [0.1, 0.15) is 11.1 Å². The van der Waals surface area contributed by atoms with Crippen LogP contribution in [0.3, 0.4) is 0 Å². The molecule has 0 aliphatic carbocycles. The summed E-state index contributed by atoms with van der Waals surface area (Å²) in [7, 11) is 1.95. The highest BCUT2D eigenvalue weighted by Gasteiger charge is 2.15. The summed E-state index contributed by atoms with van der Waals surface area (Å²) >= 11 is 0. The Labute approximate surface area is 83.7 Å². The van der Waals surface area contributed by atoms with Gasteiger partial charge in [-0.1, -0.05) is 12.1 Å². The predicted molar refractivity (Wildman–Crippen MR) is 56.1 cm³/mol. The van der Waals surface area contributed by atoms with E-state index in [-0.39, 0.29) is 5.91 Å². The van der Waals surface area contributed by atoms with Crippen LogP contribution in [0.2, 0.25) is 0 Å². The van der Waals surface area contributed by atoms with Crippen molar-refractivity contribution >= 4 is 11.6 Å². The number of fused-ring (bicyclic) bond motifs is 1. The van der Waals surface area contributed by atoms with Crippen molar-refractivity contribution in [2.45, 2.75) is 13.5 Å². The average molecular weight is 190 g/mol. The molecule has 0 aromatic heterocycles. The molecule has 1 aliphatic heterocycles. The second-order valence-corrected chi connectivity index (χ2v) is 3.88. The molecular weight excluding hydrogens is 176 g/mol. The van der Waals surface area contributed by atoms with E-state index in [1.54, 1.807) is 0 Å². The number of nitrogens with zero attached hydrogens (tertiary/aromatic N) is 1. The fourth-order valence-corrected chi connectivity index (χ4v) is 1.73. The number of hydrogen-bond acceptors (Lipinski definition) is 2. The van der Waals surface area contributed by atoms with Crippen LogP contribution in [0.25, 0.3) is 0 Å². The molecule has 74 valence electrons. The lowest BCUT2D eigenvalue weighted by Crippen LogP contribution is -2.26. The van der Waals surface area contributed by atoms with Gasteiger partial charge >= 0.3 is 0 Å². The number of carbonyl (C=O) groups excluding carboxylic acids is 1. The zero-order valence-corrected chi connectivity index (χ0v) is 8.50. The van der Waals surface area contributed by atoms with Gasteiger partial charge in [0.25, 0.3) is 0 Å². The third kappa shape index (κ3) is 1.77. The first-order valence-electron chi connectivity index (χ1n) is 4.73. The number of rotatable bonds is 0. The Kier molecular flexibility index (Phi) is 2.25. The summed E-state index contributed by atoms with van der Waals surface area (Å²) in [6.07, 6.45) is 0. The van der Waals surface area contributed by atoms with E-state index in [1.807, 2.05) is 24.9 Å². The third-order valence-electron chi connectivity index (χ3n) is 2.39. The third-order valence-corrected chi connectivity index (χ3v) is 2.39. The fourth-order valence-electron chi connectivity index (χ4n) is 1.73. The Morgan fingerprint density at radius 3 is 2.93 bits per heavy atom. The maximum Gasteiger partial charge on any atom is 0.238 e. The van der Waals surface area contributed by atoms with Gasteiger partial charge < -0.3 is 5.32 Å². The van der Waals surface area contributed by atoms with Gasteiger partial charge in [0.15, 0.2) is 0 Å². The molecule has 0 unspecified atom stereocenters. The van der Waals surface area contributed by atoms with Gasteiger partial charge in [-0.05, 0) is 31.2 Å². The van der Waals surface area contributed by atoms with Crippen LogP contribution in [0.4, 0.5) is 5.69 Å². The van der Waals surface area contributed by atoms with E-state index in [4.69, 9.17) is 0 Å². The Morgan fingerprint density at radius 1 is 1.36 bits per heavy atom. The second kappa shape index (κ2) is 3.42. The Hall–Kier alpha value is -1.35. The number of hydrogen-bond donors (Lipinski definition) is 1. The molecule has 14 heavy (non-hydrogen) atoms.